The molecule has 0 fully saturated rings. The number of fused-ring (bicyclic) bond motifs is 3. The molecule has 4 heteroatoms. The zero-order chi connectivity index (χ0) is 47.1. The van der Waals surface area contributed by atoms with Gasteiger partial charge in [0.2, 0.25) is 0 Å². The molecule has 0 aliphatic rings. The number of rotatable bonds is 7. The van der Waals surface area contributed by atoms with E-state index < -0.39 is 33.3 Å². The maximum absolute atomic E-state index is 8.85. The van der Waals surface area contributed by atoms with Crippen molar-refractivity contribution in [2.75, 3.05) is 0 Å². The molecule has 0 spiro atoms. The van der Waals surface area contributed by atoms with E-state index in [4.69, 9.17) is 22.2 Å². The number of aromatic nitrogens is 2. The van der Waals surface area contributed by atoms with Gasteiger partial charge in [-0.25, -0.2) is 0 Å². The van der Waals surface area contributed by atoms with Crippen molar-refractivity contribution in [3.05, 3.63) is 168 Å². The van der Waals surface area contributed by atoms with Crippen LogP contribution >= 0.6 is 0 Å². The summed E-state index contributed by atoms with van der Waals surface area (Å²) in [4.78, 5) is 8.69. The van der Waals surface area contributed by atoms with Crippen LogP contribution in [-0.2, 0) is 20.1 Å². The molecule has 1 radical (unpaired) electrons. The van der Waals surface area contributed by atoms with E-state index >= 15 is 0 Å². The molecule has 0 aliphatic carbocycles. The third-order valence-corrected chi connectivity index (χ3v) is 9.15. The SMILES string of the molecule is [2H]C([2H])([2H])c1ccc(-c2[c-]cc(C([2H])([2H])[2H])c(-c3ccccc3)c2)nc1.[2H]C([2H])([2H])c1cnc(-c2[c-]ccc3c2oc2ccccc23)cc1-c1ccc(C([2H])(CC)CC)cc1C([2H])([2H])[2H].[Ir]. The summed E-state index contributed by atoms with van der Waals surface area (Å²) in [5.74, 6) is -0.944. The molecule has 0 bridgehead atoms. The van der Waals surface area contributed by atoms with Crippen LogP contribution in [0.2, 0.25) is 0 Å². The van der Waals surface area contributed by atoms with E-state index in [1.165, 1.54) is 30.6 Å². The van der Waals surface area contributed by atoms with Gasteiger partial charge in [0.05, 0.1) is 5.58 Å². The van der Waals surface area contributed by atoms with Gasteiger partial charge in [-0.05, 0) is 95.7 Å². The largest absolute Gasteiger partial charge is 0.501 e. The van der Waals surface area contributed by atoms with E-state index in [1.54, 1.807) is 36.4 Å². The van der Waals surface area contributed by atoms with Crippen molar-refractivity contribution in [3.8, 4) is 44.8 Å². The number of furan rings is 1. The van der Waals surface area contributed by atoms with Gasteiger partial charge in [-0.1, -0.05) is 122 Å². The van der Waals surface area contributed by atoms with Crippen LogP contribution in [0.25, 0.3) is 66.7 Å². The molecule has 0 atom stereocenters. The van der Waals surface area contributed by atoms with Crippen molar-refractivity contribution < 1.29 is 42.3 Å². The third kappa shape index (κ3) is 7.95. The summed E-state index contributed by atoms with van der Waals surface area (Å²) in [7, 11) is 0. The van der Waals surface area contributed by atoms with Crippen LogP contribution in [0.4, 0.5) is 0 Å². The molecule has 0 saturated carbocycles. The summed E-state index contributed by atoms with van der Waals surface area (Å²) in [5.41, 5.74) is 6.20. The monoisotopic (exact) mass is 882 g/mol. The minimum absolute atomic E-state index is 0. The van der Waals surface area contributed by atoms with Crippen LogP contribution < -0.4 is 0 Å². The zero-order valence-electron chi connectivity index (χ0n) is 42.2. The smallest absolute Gasteiger partial charge is 0.120 e. The molecule has 8 rings (SSSR count). The molecule has 5 aromatic carbocycles. The zero-order valence-corrected chi connectivity index (χ0v) is 31.6. The summed E-state index contributed by atoms with van der Waals surface area (Å²) in [6.45, 7) is -5.75. The number of para-hydroxylation sites is 1. The average molecular weight is 882 g/mol. The van der Waals surface area contributed by atoms with Crippen LogP contribution in [0.1, 0.15) is 78.2 Å². The van der Waals surface area contributed by atoms with Crippen molar-refractivity contribution in [2.24, 2.45) is 0 Å². The predicted octanol–water partition coefficient (Wildman–Crippen LogP) is 13.5. The van der Waals surface area contributed by atoms with Gasteiger partial charge < -0.3 is 14.4 Å². The molecular weight excluding hydrogens is 825 g/mol. The summed E-state index contributed by atoms with van der Waals surface area (Å²) in [6.07, 6.45) is 3.63. The number of hydrogen-bond donors (Lipinski definition) is 0. The first-order valence-electron chi connectivity index (χ1n) is 23.6. The van der Waals surface area contributed by atoms with E-state index in [0.29, 0.717) is 57.6 Å². The van der Waals surface area contributed by atoms with Crippen LogP contribution in [0.5, 0.6) is 0 Å². The standard InChI is InChI=1S/C30H28NO.C19H16N.Ir/c1-5-21(6-2)22-14-15-23(19(3)16-22)27-17-28(31-18-20(27)4)26-12-9-11-25-24-10-7-8-13-29(24)32-30(25)26;1-14-8-11-19(20-13-14)17-10-9-15(2)18(12-17)16-6-4-3-5-7-16;/h7-11,13-18,21H,5-6H2,1-4H3;3-9,11-13H,1-2H3;/q2*-1;/i3D3,4D3,21D;1D3,2D3;. The second kappa shape index (κ2) is 16.7. The number of nitrogens with zero attached hydrogens (tertiary/aromatic N) is 2. The van der Waals surface area contributed by atoms with Crippen LogP contribution in [0.15, 0.2) is 132 Å². The fraction of sp³-hybridized carbons (Fsp3) is 0.184. The molecule has 8 aromatic rings. The maximum Gasteiger partial charge on any atom is 0.120 e. The molecular formula is C49H44IrN2O-2. The van der Waals surface area contributed by atoms with E-state index in [9.17, 15) is 0 Å². The average Bonchev–Trinajstić information content (AvgIpc) is 3.66. The topological polar surface area (TPSA) is 38.9 Å². The van der Waals surface area contributed by atoms with Gasteiger partial charge in [0.15, 0.2) is 0 Å². The predicted molar refractivity (Wildman–Crippen MR) is 217 cm³/mol. The number of pyridine rings is 2. The molecule has 267 valence electrons. The van der Waals surface area contributed by atoms with Crippen molar-refractivity contribution >= 4 is 21.9 Å². The first kappa shape index (κ1) is 24.2. The number of hydrogen-bond acceptors (Lipinski definition) is 3. The van der Waals surface area contributed by atoms with Gasteiger partial charge in [-0.15, -0.1) is 47.5 Å². The van der Waals surface area contributed by atoms with E-state index in [2.05, 4.69) is 22.1 Å². The van der Waals surface area contributed by atoms with Gasteiger partial charge >= 0.3 is 0 Å². The first-order chi connectivity index (χ1) is 30.5. The maximum atomic E-state index is 8.85. The molecule has 3 aromatic heterocycles. The Morgan fingerprint density at radius 1 is 0.679 bits per heavy atom. The molecule has 3 heterocycles. The van der Waals surface area contributed by atoms with Crippen molar-refractivity contribution in [3.63, 3.8) is 0 Å². The third-order valence-electron chi connectivity index (χ3n) is 9.15. The number of benzene rings is 5. The molecule has 0 saturated heterocycles. The van der Waals surface area contributed by atoms with Crippen molar-refractivity contribution in [1.82, 2.24) is 9.97 Å². The van der Waals surface area contributed by atoms with E-state index in [-0.39, 0.29) is 53.5 Å². The molecule has 0 N–H and O–H groups in total. The van der Waals surface area contributed by atoms with Crippen LogP contribution in [0.3, 0.4) is 0 Å². The Labute approximate surface area is 345 Å². The summed E-state index contributed by atoms with van der Waals surface area (Å²) < 4.78 is 110. The summed E-state index contributed by atoms with van der Waals surface area (Å²) >= 11 is 0. The second-order valence-electron chi connectivity index (χ2n) is 12.4. The van der Waals surface area contributed by atoms with Crippen LogP contribution in [-0.4, -0.2) is 9.97 Å². The second-order valence-corrected chi connectivity index (χ2v) is 12.4. The van der Waals surface area contributed by atoms with Crippen molar-refractivity contribution in [1.29, 1.82) is 0 Å². The fourth-order valence-corrected chi connectivity index (χ4v) is 6.40. The Morgan fingerprint density at radius 3 is 2.23 bits per heavy atom. The van der Waals surface area contributed by atoms with Gasteiger partial charge in [-0.2, -0.15) is 0 Å². The van der Waals surface area contributed by atoms with Crippen LogP contribution in [0, 0.1) is 39.5 Å². The number of aryl methyl sites for hydroxylation is 4. The van der Waals surface area contributed by atoms with Gasteiger partial charge in [-0.3, -0.25) is 0 Å². The normalized spacial score (nSPS) is 15.8. The Bertz CT molecular complexity index is 2970. The minimum atomic E-state index is -2.54. The Morgan fingerprint density at radius 2 is 1.47 bits per heavy atom. The molecule has 0 amide bonds. The Balaban J connectivity index is 0.000000233. The van der Waals surface area contributed by atoms with Crippen molar-refractivity contribution in [2.45, 2.75) is 60.0 Å². The molecule has 53 heavy (non-hydrogen) atoms. The quantitative estimate of drug-likeness (QED) is 0.150. The molecule has 3 nitrogen and oxygen atoms in total. The molecule has 0 aliphatic heterocycles. The minimum Gasteiger partial charge on any atom is -0.501 e. The summed E-state index contributed by atoms with van der Waals surface area (Å²) in [6, 6.07) is 39.5. The van der Waals surface area contributed by atoms with Gasteiger partial charge in [0.1, 0.15) is 5.58 Å². The fourth-order valence-electron chi connectivity index (χ4n) is 6.40. The first-order valence-corrected chi connectivity index (χ1v) is 17.1. The van der Waals surface area contributed by atoms with Gasteiger partial charge in [0, 0.05) is 55.7 Å². The van der Waals surface area contributed by atoms with Gasteiger partial charge in [0.25, 0.3) is 0 Å². The Kier molecular flexibility index (Phi) is 7.62. The Hall–Kier alpha value is -5.15. The van der Waals surface area contributed by atoms with E-state index in [1.807, 2.05) is 74.5 Å². The summed E-state index contributed by atoms with van der Waals surface area (Å²) in [5, 5.41) is 1.81. The molecule has 0 unspecified atom stereocenters. The van der Waals surface area contributed by atoms with E-state index in [0.717, 1.165) is 16.3 Å².